The van der Waals surface area contributed by atoms with Crippen molar-refractivity contribution < 1.29 is 4.74 Å². The third-order valence-electron chi connectivity index (χ3n) is 2.47. The van der Waals surface area contributed by atoms with Crippen molar-refractivity contribution in [1.29, 1.82) is 0 Å². The van der Waals surface area contributed by atoms with Gasteiger partial charge in [0.05, 0.1) is 30.3 Å². The molecule has 0 aromatic carbocycles. The topological polar surface area (TPSA) is 61.0 Å². The maximum Gasteiger partial charge on any atom is 0.147 e. The van der Waals surface area contributed by atoms with Crippen LogP contribution < -0.4 is 10.5 Å². The molecular weight excluding hydrogens is 202 g/mol. The number of aryl methyl sites for hydroxylation is 1. The van der Waals surface area contributed by atoms with Crippen LogP contribution >= 0.6 is 0 Å². The molecule has 0 bridgehead atoms. The normalized spacial score (nSPS) is 10.1. The van der Waals surface area contributed by atoms with Crippen LogP contribution in [0.25, 0.3) is 11.1 Å². The van der Waals surface area contributed by atoms with E-state index in [1.807, 2.05) is 19.1 Å². The number of anilines is 1. The predicted molar refractivity (Wildman–Crippen MR) is 63.2 cm³/mol. The van der Waals surface area contributed by atoms with Crippen molar-refractivity contribution in [3.8, 4) is 16.9 Å². The van der Waals surface area contributed by atoms with Crippen molar-refractivity contribution in [2.24, 2.45) is 0 Å². The van der Waals surface area contributed by atoms with E-state index in [0.29, 0.717) is 11.4 Å². The maximum atomic E-state index is 6.03. The van der Waals surface area contributed by atoms with Gasteiger partial charge in [0.2, 0.25) is 0 Å². The van der Waals surface area contributed by atoms with Crippen LogP contribution in [0.1, 0.15) is 5.69 Å². The molecular formula is C12H13N3O. The molecule has 0 fully saturated rings. The Kier molecular flexibility index (Phi) is 2.72. The molecule has 2 N–H and O–H groups in total. The summed E-state index contributed by atoms with van der Waals surface area (Å²) in [5.74, 6) is 0.675. The van der Waals surface area contributed by atoms with Gasteiger partial charge in [0.25, 0.3) is 0 Å². The van der Waals surface area contributed by atoms with Crippen molar-refractivity contribution in [3.63, 3.8) is 0 Å². The zero-order chi connectivity index (χ0) is 11.5. The summed E-state index contributed by atoms with van der Waals surface area (Å²) in [5, 5.41) is 0. The van der Waals surface area contributed by atoms with Crippen molar-refractivity contribution in [2.75, 3.05) is 12.8 Å². The Morgan fingerprint density at radius 1 is 1.25 bits per heavy atom. The van der Waals surface area contributed by atoms with Gasteiger partial charge in [0.15, 0.2) is 0 Å². The fourth-order valence-electron chi connectivity index (χ4n) is 1.57. The Bertz CT molecular complexity index is 497. The lowest BCUT2D eigenvalue weighted by molar-refractivity contribution is 0.414. The smallest absolute Gasteiger partial charge is 0.147 e. The summed E-state index contributed by atoms with van der Waals surface area (Å²) in [4.78, 5) is 8.15. The van der Waals surface area contributed by atoms with Crippen LogP contribution in [0.3, 0.4) is 0 Å². The summed E-state index contributed by atoms with van der Waals surface area (Å²) >= 11 is 0. The molecule has 0 amide bonds. The van der Waals surface area contributed by atoms with Gasteiger partial charge in [-0.05, 0) is 24.6 Å². The Hall–Kier alpha value is -2.10. The lowest BCUT2D eigenvalue weighted by Gasteiger charge is -2.12. The second-order valence-electron chi connectivity index (χ2n) is 3.44. The van der Waals surface area contributed by atoms with Crippen LogP contribution in [0.5, 0.6) is 5.75 Å². The second kappa shape index (κ2) is 4.18. The molecule has 2 aromatic heterocycles. The molecule has 0 atom stereocenters. The number of pyridine rings is 2. The maximum absolute atomic E-state index is 6.03. The Morgan fingerprint density at radius 2 is 1.94 bits per heavy atom. The van der Waals surface area contributed by atoms with Crippen LogP contribution in [-0.2, 0) is 0 Å². The van der Waals surface area contributed by atoms with Crippen LogP contribution in [-0.4, -0.2) is 17.1 Å². The summed E-state index contributed by atoms with van der Waals surface area (Å²) in [6.07, 6.45) is 5.13. The molecule has 82 valence electrons. The molecule has 0 saturated carbocycles. The first-order chi connectivity index (χ1) is 7.74. The zero-order valence-corrected chi connectivity index (χ0v) is 9.27. The van der Waals surface area contributed by atoms with Gasteiger partial charge in [-0.25, -0.2) is 0 Å². The predicted octanol–water partition coefficient (Wildman–Crippen LogP) is 2.04. The van der Waals surface area contributed by atoms with Gasteiger partial charge in [-0.15, -0.1) is 0 Å². The third kappa shape index (κ3) is 1.69. The van der Waals surface area contributed by atoms with Crippen LogP contribution in [0.15, 0.2) is 30.7 Å². The number of aromatic nitrogens is 2. The Balaban J connectivity index is 2.67. The molecule has 0 radical (unpaired) electrons. The summed E-state index contributed by atoms with van der Waals surface area (Å²) in [6.45, 7) is 1.87. The van der Waals surface area contributed by atoms with Gasteiger partial charge in [-0.1, -0.05) is 0 Å². The van der Waals surface area contributed by atoms with E-state index in [1.165, 1.54) is 0 Å². The number of nitrogen functional groups attached to an aromatic ring is 1. The van der Waals surface area contributed by atoms with Gasteiger partial charge in [0.1, 0.15) is 5.75 Å². The molecule has 4 heteroatoms. The van der Waals surface area contributed by atoms with Crippen LogP contribution in [0.2, 0.25) is 0 Å². The number of hydrogen-bond acceptors (Lipinski definition) is 4. The summed E-state index contributed by atoms with van der Waals surface area (Å²) in [6, 6.07) is 3.79. The largest absolute Gasteiger partial charge is 0.494 e. The van der Waals surface area contributed by atoms with E-state index in [0.717, 1.165) is 16.8 Å². The summed E-state index contributed by atoms with van der Waals surface area (Å²) < 4.78 is 5.27. The van der Waals surface area contributed by atoms with E-state index in [-0.39, 0.29) is 0 Å². The number of rotatable bonds is 2. The fraction of sp³-hybridized carbons (Fsp3) is 0.167. The third-order valence-corrected chi connectivity index (χ3v) is 2.47. The number of nitrogens with two attached hydrogens (primary N) is 1. The first kappa shape index (κ1) is 10.4. The minimum Gasteiger partial charge on any atom is -0.494 e. The highest BCUT2D eigenvalue weighted by atomic mass is 16.5. The van der Waals surface area contributed by atoms with Gasteiger partial charge in [-0.3, -0.25) is 9.97 Å². The Morgan fingerprint density at radius 3 is 2.56 bits per heavy atom. The quantitative estimate of drug-likeness (QED) is 0.832. The van der Waals surface area contributed by atoms with E-state index in [9.17, 15) is 0 Å². The average Bonchev–Trinajstić information content (AvgIpc) is 2.33. The van der Waals surface area contributed by atoms with E-state index in [4.69, 9.17) is 10.5 Å². The molecule has 0 spiro atoms. The number of ether oxygens (including phenoxy) is 1. The van der Waals surface area contributed by atoms with Crippen molar-refractivity contribution in [3.05, 3.63) is 36.4 Å². The average molecular weight is 215 g/mol. The molecule has 0 aliphatic carbocycles. The van der Waals surface area contributed by atoms with Crippen molar-refractivity contribution >= 4 is 5.69 Å². The Labute approximate surface area is 94.1 Å². The van der Waals surface area contributed by atoms with Gasteiger partial charge < -0.3 is 10.5 Å². The second-order valence-corrected chi connectivity index (χ2v) is 3.44. The SMILES string of the molecule is COc1cnc(C)c(N)c1-c1ccncc1. The molecule has 0 unspecified atom stereocenters. The number of methoxy groups -OCH3 is 1. The minimum absolute atomic E-state index is 0.644. The highest BCUT2D eigenvalue weighted by molar-refractivity contribution is 5.82. The summed E-state index contributed by atoms with van der Waals surface area (Å²) in [5.41, 5.74) is 9.32. The molecule has 2 rings (SSSR count). The first-order valence-corrected chi connectivity index (χ1v) is 4.93. The molecule has 0 aliphatic heterocycles. The lowest BCUT2D eigenvalue weighted by atomic mass is 10.0. The van der Waals surface area contributed by atoms with E-state index in [1.54, 1.807) is 25.7 Å². The number of nitrogens with zero attached hydrogens (tertiary/aromatic N) is 2. The molecule has 0 aliphatic rings. The summed E-state index contributed by atoms with van der Waals surface area (Å²) in [7, 11) is 1.61. The van der Waals surface area contributed by atoms with Crippen molar-refractivity contribution in [2.45, 2.75) is 6.92 Å². The molecule has 0 saturated heterocycles. The molecule has 2 heterocycles. The molecule has 2 aromatic rings. The van der Waals surface area contributed by atoms with Gasteiger partial charge >= 0.3 is 0 Å². The monoisotopic (exact) mass is 215 g/mol. The minimum atomic E-state index is 0.644. The standard InChI is InChI=1S/C12H13N3O/c1-8-12(13)11(10(16-2)7-15-8)9-3-5-14-6-4-9/h3-7H,13H2,1-2H3. The lowest BCUT2D eigenvalue weighted by Crippen LogP contribution is -1.99. The molecule has 4 nitrogen and oxygen atoms in total. The van der Waals surface area contributed by atoms with Gasteiger partial charge in [-0.2, -0.15) is 0 Å². The van der Waals surface area contributed by atoms with E-state index >= 15 is 0 Å². The van der Waals surface area contributed by atoms with Crippen LogP contribution in [0, 0.1) is 6.92 Å². The van der Waals surface area contributed by atoms with E-state index in [2.05, 4.69) is 9.97 Å². The highest BCUT2D eigenvalue weighted by Crippen LogP contribution is 2.35. The first-order valence-electron chi connectivity index (χ1n) is 4.93. The van der Waals surface area contributed by atoms with Crippen molar-refractivity contribution in [1.82, 2.24) is 9.97 Å². The zero-order valence-electron chi connectivity index (χ0n) is 9.27. The van der Waals surface area contributed by atoms with E-state index < -0.39 is 0 Å². The fourth-order valence-corrected chi connectivity index (χ4v) is 1.57. The highest BCUT2D eigenvalue weighted by Gasteiger charge is 2.12. The van der Waals surface area contributed by atoms with Gasteiger partial charge in [0, 0.05) is 12.4 Å². The van der Waals surface area contributed by atoms with Crippen LogP contribution in [0.4, 0.5) is 5.69 Å². The number of hydrogen-bond donors (Lipinski definition) is 1. The molecule has 16 heavy (non-hydrogen) atoms.